The largest absolute Gasteiger partial charge is 0.311 e. The summed E-state index contributed by atoms with van der Waals surface area (Å²) in [6.45, 7) is 3.85. The maximum Gasteiger partial charge on any atom is 0.0962 e. The second kappa shape index (κ2) is 7.53. The summed E-state index contributed by atoms with van der Waals surface area (Å²) in [6.07, 6.45) is 1.40. The van der Waals surface area contributed by atoms with Gasteiger partial charge in [-0.15, -0.1) is 0 Å². The lowest BCUT2D eigenvalue weighted by molar-refractivity contribution is 0.182. The van der Waals surface area contributed by atoms with E-state index in [1.54, 1.807) is 0 Å². The molecule has 3 nitrogen and oxygen atoms in total. The third-order valence-corrected chi connectivity index (χ3v) is 3.87. The minimum absolute atomic E-state index is 0.0475. The van der Waals surface area contributed by atoms with Crippen LogP contribution >= 0.6 is 0 Å². The highest BCUT2D eigenvalue weighted by Gasteiger charge is 2.29. The van der Waals surface area contributed by atoms with Crippen LogP contribution < -0.4 is 0 Å². The van der Waals surface area contributed by atoms with E-state index in [1.807, 2.05) is 50.2 Å². The van der Waals surface area contributed by atoms with Crippen LogP contribution in [0.5, 0.6) is 0 Å². The number of rotatable bonds is 6. The van der Waals surface area contributed by atoms with E-state index >= 15 is 0 Å². The van der Waals surface area contributed by atoms with Crippen molar-refractivity contribution in [1.82, 2.24) is 4.90 Å². The molecule has 2 aromatic rings. The third-order valence-electron chi connectivity index (χ3n) is 3.87. The minimum atomic E-state index is -0.290. The standard InChI is InChI=1S/C19H21N3/c1-15(13-20)22(16(2)14-21)19(17-9-5-3-6-10-17)18-11-7-4-8-12-18/h3-13,15-16,19-20H,1-2H3. The van der Waals surface area contributed by atoms with Crippen LogP contribution in [0.1, 0.15) is 31.0 Å². The Balaban J connectivity index is 2.56. The second-order valence-electron chi connectivity index (χ2n) is 5.38. The molecule has 0 saturated carbocycles. The lowest BCUT2D eigenvalue weighted by Crippen LogP contribution is -2.43. The van der Waals surface area contributed by atoms with Gasteiger partial charge in [0.15, 0.2) is 0 Å². The van der Waals surface area contributed by atoms with Gasteiger partial charge in [-0.2, -0.15) is 5.26 Å². The zero-order valence-electron chi connectivity index (χ0n) is 13.0. The van der Waals surface area contributed by atoms with Gasteiger partial charge in [0, 0.05) is 12.3 Å². The molecule has 0 saturated heterocycles. The van der Waals surface area contributed by atoms with Crippen molar-refractivity contribution in [3.8, 4) is 6.07 Å². The van der Waals surface area contributed by atoms with Crippen molar-refractivity contribution in [3.05, 3.63) is 71.8 Å². The lowest BCUT2D eigenvalue weighted by Gasteiger charge is -2.37. The van der Waals surface area contributed by atoms with E-state index in [4.69, 9.17) is 5.41 Å². The van der Waals surface area contributed by atoms with Gasteiger partial charge in [-0.05, 0) is 25.0 Å². The molecule has 0 aromatic heterocycles. The quantitative estimate of drug-likeness (QED) is 0.817. The van der Waals surface area contributed by atoms with Gasteiger partial charge < -0.3 is 5.41 Å². The van der Waals surface area contributed by atoms with Crippen LogP contribution in [0.25, 0.3) is 0 Å². The molecule has 2 atom stereocenters. The zero-order valence-corrected chi connectivity index (χ0v) is 13.0. The highest BCUT2D eigenvalue weighted by Crippen LogP contribution is 2.31. The van der Waals surface area contributed by atoms with Gasteiger partial charge in [-0.1, -0.05) is 60.7 Å². The van der Waals surface area contributed by atoms with Crippen LogP contribution in [0, 0.1) is 16.7 Å². The van der Waals surface area contributed by atoms with Crippen LogP contribution in [-0.4, -0.2) is 23.2 Å². The molecular formula is C19H21N3. The Kier molecular flexibility index (Phi) is 5.46. The first kappa shape index (κ1) is 15.9. The number of hydrogen-bond acceptors (Lipinski definition) is 3. The molecule has 0 amide bonds. The lowest BCUT2D eigenvalue weighted by atomic mass is 9.94. The van der Waals surface area contributed by atoms with E-state index in [0.29, 0.717) is 0 Å². The first-order valence-electron chi connectivity index (χ1n) is 7.46. The van der Waals surface area contributed by atoms with Gasteiger partial charge >= 0.3 is 0 Å². The molecule has 0 aliphatic heterocycles. The van der Waals surface area contributed by atoms with Crippen molar-refractivity contribution < 1.29 is 0 Å². The van der Waals surface area contributed by atoms with Crippen molar-refractivity contribution >= 4 is 6.21 Å². The summed E-state index contributed by atoms with van der Waals surface area (Å²) in [6, 6.07) is 22.2. The fraction of sp³-hybridized carbons (Fsp3) is 0.263. The molecular weight excluding hydrogens is 270 g/mol. The van der Waals surface area contributed by atoms with Crippen LogP contribution in [0.2, 0.25) is 0 Å². The summed E-state index contributed by atoms with van der Waals surface area (Å²) >= 11 is 0. The Labute approximate surface area is 132 Å². The number of nitrogens with one attached hydrogen (secondary N) is 1. The summed E-state index contributed by atoms with van der Waals surface area (Å²) in [4.78, 5) is 2.08. The smallest absolute Gasteiger partial charge is 0.0962 e. The Morgan fingerprint density at radius 3 is 1.77 bits per heavy atom. The van der Waals surface area contributed by atoms with Crippen molar-refractivity contribution in [2.75, 3.05) is 0 Å². The van der Waals surface area contributed by atoms with Gasteiger partial charge in [0.05, 0.1) is 18.2 Å². The first-order valence-corrected chi connectivity index (χ1v) is 7.46. The SMILES string of the molecule is CC(C#N)N(C(C)C=N)C(c1ccccc1)c1ccccc1. The van der Waals surface area contributed by atoms with E-state index in [0.717, 1.165) is 11.1 Å². The molecule has 1 N–H and O–H groups in total. The zero-order chi connectivity index (χ0) is 15.9. The van der Waals surface area contributed by atoms with Gasteiger partial charge in [-0.3, -0.25) is 4.90 Å². The Bertz CT molecular complexity index is 591. The van der Waals surface area contributed by atoms with Gasteiger partial charge in [0.25, 0.3) is 0 Å². The molecule has 2 unspecified atom stereocenters. The van der Waals surface area contributed by atoms with Crippen molar-refractivity contribution in [3.63, 3.8) is 0 Å². The predicted octanol–water partition coefficient (Wildman–Crippen LogP) is 4.03. The second-order valence-corrected chi connectivity index (χ2v) is 5.38. The van der Waals surface area contributed by atoms with Crippen LogP contribution in [0.4, 0.5) is 0 Å². The Morgan fingerprint density at radius 1 is 0.955 bits per heavy atom. The first-order chi connectivity index (χ1) is 10.7. The topological polar surface area (TPSA) is 50.9 Å². The fourth-order valence-electron chi connectivity index (χ4n) is 2.77. The van der Waals surface area contributed by atoms with Gasteiger partial charge in [-0.25, -0.2) is 0 Å². The minimum Gasteiger partial charge on any atom is -0.311 e. The molecule has 3 heteroatoms. The highest BCUT2D eigenvalue weighted by molar-refractivity contribution is 5.60. The van der Waals surface area contributed by atoms with Crippen molar-refractivity contribution in [2.24, 2.45) is 0 Å². The summed E-state index contributed by atoms with van der Waals surface area (Å²) in [5.41, 5.74) is 2.26. The van der Waals surface area contributed by atoms with E-state index in [9.17, 15) is 5.26 Å². The molecule has 2 rings (SSSR count). The summed E-state index contributed by atoms with van der Waals surface area (Å²) in [5.74, 6) is 0. The van der Waals surface area contributed by atoms with Crippen LogP contribution in [0.15, 0.2) is 60.7 Å². The number of nitrogens with zero attached hydrogens (tertiary/aromatic N) is 2. The van der Waals surface area contributed by atoms with E-state index < -0.39 is 0 Å². The summed E-state index contributed by atoms with van der Waals surface area (Å²) in [7, 11) is 0. The predicted molar refractivity (Wildman–Crippen MR) is 89.9 cm³/mol. The molecule has 0 radical (unpaired) electrons. The van der Waals surface area contributed by atoms with Gasteiger partial charge in [0.1, 0.15) is 0 Å². The van der Waals surface area contributed by atoms with Crippen LogP contribution in [-0.2, 0) is 0 Å². The highest BCUT2D eigenvalue weighted by atomic mass is 15.2. The van der Waals surface area contributed by atoms with E-state index in [-0.39, 0.29) is 18.1 Å². The van der Waals surface area contributed by atoms with Gasteiger partial charge in [0.2, 0.25) is 0 Å². The molecule has 0 heterocycles. The number of nitriles is 1. The Morgan fingerprint density at radius 2 is 1.41 bits per heavy atom. The maximum absolute atomic E-state index is 9.43. The molecule has 0 aliphatic carbocycles. The maximum atomic E-state index is 9.43. The molecule has 112 valence electrons. The van der Waals surface area contributed by atoms with E-state index in [2.05, 4.69) is 35.2 Å². The summed E-state index contributed by atoms with van der Waals surface area (Å²) < 4.78 is 0. The monoisotopic (exact) mass is 291 g/mol. The number of hydrogen-bond donors (Lipinski definition) is 1. The normalized spacial score (nSPS) is 13.6. The molecule has 0 bridgehead atoms. The molecule has 0 spiro atoms. The van der Waals surface area contributed by atoms with Crippen molar-refractivity contribution in [2.45, 2.75) is 32.0 Å². The third kappa shape index (κ3) is 3.41. The molecule has 22 heavy (non-hydrogen) atoms. The van der Waals surface area contributed by atoms with Crippen molar-refractivity contribution in [1.29, 1.82) is 10.7 Å². The molecule has 0 fully saturated rings. The Hall–Kier alpha value is -2.44. The average Bonchev–Trinajstić information content (AvgIpc) is 2.59. The van der Waals surface area contributed by atoms with E-state index in [1.165, 1.54) is 6.21 Å². The van der Waals surface area contributed by atoms with Crippen LogP contribution in [0.3, 0.4) is 0 Å². The summed E-state index contributed by atoms with van der Waals surface area (Å²) in [5, 5.41) is 17.1. The number of benzene rings is 2. The molecule has 0 aliphatic rings. The average molecular weight is 291 g/mol. The fourth-order valence-corrected chi connectivity index (χ4v) is 2.77. The molecule has 2 aromatic carbocycles.